The van der Waals surface area contributed by atoms with E-state index < -0.39 is 0 Å². The lowest BCUT2D eigenvalue weighted by molar-refractivity contribution is 0.0962. The van der Waals surface area contributed by atoms with E-state index in [9.17, 15) is 0 Å². The molecule has 0 aromatic heterocycles. The van der Waals surface area contributed by atoms with Gasteiger partial charge in [-0.1, -0.05) is 6.42 Å². The van der Waals surface area contributed by atoms with Crippen LogP contribution in [0.5, 0.6) is 0 Å². The molecule has 3 saturated carbocycles. The molecule has 0 aromatic rings. The van der Waals surface area contributed by atoms with Gasteiger partial charge in [-0.3, -0.25) is 0 Å². The molecule has 1 saturated heterocycles. The third-order valence-electron chi connectivity index (χ3n) is 6.06. The summed E-state index contributed by atoms with van der Waals surface area (Å²) in [5.41, 5.74) is 0.675. The fourth-order valence-electron chi connectivity index (χ4n) is 4.67. The zero-order valence-corrected chi connectivity index (χ0v) is 12.2. The molecule has 2 heteroatoms. The highest BCUT2D eigenvalue weighted by Gasteiger charge is 2.53. The van der Waals surface area contributed by atoms with Crippen molar-refractivity contribution in [3.8, 4) is 0 Å². The van der Waals surface area contributed by atoms with Crippen LogP contribution in [0, 0.1) is 17.3 Å². The molecule has 1 N–H and O–H groups in total. The largest absolute Gasteiger partial charge is 0.378 e. The standard InChI is InChI=1S/C17H29NO/c1(3-16-4-2-8-19-16)7-17(12-18-15-5-6-15)10-13-9-14(13)11-17/h13-16,18H,1-12H2. The summed E-state index contributed by atoms with van der Waals surface area (Å²) in [5, 5.41) is 3.83. The smallest absolute Gasteiger partial charge is 0.0576 e. The monoisotopic (exact) mass is 263 g/mol. The topological polar surface area (TPSA) is 21.3 Å². The van der Waals surface area contributed by atoms with Crippen molar-refractivity contribution in [1.82, 2.24) is 5.32 Å². The van der Waals surface area contributed by atoms with Crippen molar-refractivity contribution in [1.29, 1.82) is 0 Å². The molecule has 0 spiro atoms. The van der Waals surface area contributed by atoms with Gasteiger partial charge in [0.1, 0.15) is 0 Å². The second-order valence-electron chi connectivity index (χ2n) is 7.85. The quantitative estimate of drug-likeness (QED) is 0.759. The Labute approximate surface area is 117 Å². The minimum atomic E-state index is 0.601. The molecule has 19 heavy (non-hydrogen) atoms. The molecular formula is C17H29NO. The summed E-state index contributed by atoms with van der Waals surface area (Å²) in [4.78, 5) is 0. The highest BCUT2D eigenvalue weighted by atomic mass is 16.5. The van der Waals surface area contributed by atoms with Crippen molar-refractivity contribution < 1.29 is 4.74 Å². The number of rotatable bonds is 7. The van der Waals surface area contributed by atoms with E-state index in [1.54, 1.807) is 6.42 Å². The van der Waals surface area contributed by atoms with E-state index in [1.165, 1.54) is 64.3 Å². The highest BCUT2D eigenvalue weighted by Crippen LogP contribution is 2.61. The van der Waals surface area contributed by atoms with Crippen LogP contribution in [0.2, 0.25) is 0 Å². The first-order valence-electron chi connectivity index (χ1n) is 8.68. The number of fused-ring (bicyclic) bond motifs is 1. The first-order valence-corrected chi connectivity index (χ1v) is 8.68. The van der Waals surface area contributed by atoms with Crippen LogP contribution in [0.15, 0.2) is 0 Å². The first-order chi connectivity index (χ1) is 9.33. The molecule has 1 aliphatic heterocycles. The molecule has 1 heterocycles. The Bertz CT molecular complexity index is 309. The van der Waals surface area contributed by atoms with Gasteiger partial charge in [-0.25, -0.2) is 0 Å². The zero-order valence-electron chi connectivity index (χ0n) is 12.2. The van der Waals surface area contributed by atoms with Crippen LogP contribution in [-0.4, -0.2) is 25.3 Å². The summed E-state index contributed by atoms with van der Waals surface area (Å²) in [5.74, 6) is 2.23. The minimum Gasteiger partial charge on any atom is -0.378 e. The number of hydrogen-bond acceptors (Lipinski definition) is 2. The van der Waals surface area contributed by atoms with Crippen molar-refractivity contribution in [2.75, 3.05) is 13.2 Å². The molecular weight excluding hydrogens is 234 g/mol. The van der Waals surface area contributed by atoms with Gasteiger partial charge in [0, 0.05) is 19.2 Å². The highest BCUT2D eigenvalue weighted by molar-refractivity contribution is 5.04. The normalized spacial score (nSPS) is 44.5. The van der Waals surface area contributed by atoms with E-state index in [4.69, 9.17) is 4.74 Å². The van der Waals surface area contributed by atoms with Crippen molar-refractivity contribution >= 4 is 0 Å². The number of nitrogens with one attached hydrogen (secondary N) is 1. The zero-order chi connectivity index (χ0) is 12.7. The lowest BCUT2D eigenvalue weighted by Gasteiger charge is -2.32. The Hall–Kier alpha value is -0.0800. The van der Waals surface area contributed by atoms with Gasteiger partial charge in [0.2, 0.25) is 0 Å². The molecule has 2 nitrogen and oxygen atoms in total. The second kappa shape index (κ2) is 5.04. The molecule has 3 unspecified atom stereocenters. The molecule has 3 aliphatic carbocycles. The average Bonchev–Trinajstić information content (AvgIpc) is 3.29. The summed E-state index contributed by atoms with van der Waals surface area (Å²) in [6.45, 7) is 2.33. The van der Waals surface area contributed by atoms with Crippen LogP contribution in [0.1, 0.15) is 64.2 Å². The molecule has 108 valence electrons. The van der Waals surface area contributed by atoms with Crippen LogP contribution in [-0.2, 0) is 4.74 Å². The van der Waals surface area contributed by atoms with Crippen molar-refractivity contribution in [3.05, 3.63) is 0 Å². The Morgan fingerprint density at radius 3 is 2.63 bits per heavy atom. The third-order valence-corrected chi connectivity index (χ3v) is 6.06. The number of hydrogen-bond donors (Lipinski definition) is 1. The van der Waals surface area contributed by atoms with Gasteiger partial charge in [-0.15, -0.1) is 0 Å². The summed E-state index contributed by atoms with van der Waals surface area (Å²) < 4.78 is 5.77. The van der Waals surface area contributed by atoms with Gasteiger partial charge < -0.3 is 10.1 Å². The van der Waals surface area contributed by atoms with E-state index in [0.717, 1.165) is 24.5 Å². The van der Waals surface area contributed by atoms with E-state index in [1.807, 2.05) is 0 Å². The maximum Gasteiger partial charge on any atom is 0.0576 e. The maximum absolute atomic E-state index is 5.77. The fourth-order valence-corrected chi connectivity index (χ4v) is 4.67. The summed E-state index contributed by atoms with van der Waals surface area (Å²) in [7, 11) is 0. The molecule has 0 aromatic carbocycles. The predicted octanol–water partition coefficient (Wildman–Crippen LogP) is 3.50. The Morgan fingerprint density at radius 2 is 1.95 bits per heavy atom. The van der Waals surface area contributed by atoms with Crippen LogP contribution in [0.4, 0.5) is 0 Å². The van der Waals surface area contributed by atoms with Gasteiger partial charge in [0.05, 0.1) is 6.10 Å². The van der Waals surface area contributed by atoms with Gasteiger partial charge in [0.25, 0.3) is 0 Å². The molecule has 4 aliphatic rings. The van der Waals surface area contributed by atoms with Crippen LogP contribution < -0.4 is 5.32 Å². The SMILES string of the molecule is C1COC(CCCC2(CNC3CC3)CC3CC3C2)C1. The van der Waals surface area contributed by atoms with Gasteiger partial charge in [-0.05, 0) is 75.0 Å². The van der Waals surface area contributed by atoms with Gasteiger partial charge in [0.15, 0.2) is 0 Å². The van der Waals surface area contributed by atoms with Crippen molar-refractivity contribution in [3.63, 3.8) is 0 Å². The van der Waals surface area contributed by atoms with E-state index in [2.05, 4.69) is 5.32 Å². The predicted molar refractivity (Wildman–Crippen MR) is 77.1 cm³/mol. The Kier molecular flexibility index (Phi) is 3.35. The second-order valence-corrected chi connectivity index (χ2v) is 7.85. The van der Waals surface area contributed by atoms with Crippen molar-refractivity contribution in [2.45, 2.75) is 76.4 Å². The first kappa shape index (κ1) is 12.6. The van der Waals surface area contributed by atoms with Crippen molar-refractivity contribution in [2.24, 2.45) is 17.3 Å². The summed E-state index contributed by atoms with van der Waals surface area (Å²) >= 11 is 0. The lowest BCUT2D eigenvalue weighted by atomic mass is 9.78. The van der Waals surface area contributed by atoms with Gasteiger partial charge in [-0.2, -0.15) is 0 Å². The van der Waals surface area contributed by atoms with E-state index in [0.29, 0.717) is 11.5 Å². The molecule has 0 amide bonds. The minimum absolute atomic E-state index is 0.601. The molecule has 4 fully saturated rings. The fraction of sp³-hybridized carbons (Fsp3) is 1.00. The lowest BCUT2D eigenvalue weighted by Crippen LogP contribution is -2.34. The maximum atomic E-state index is 5.77. The van der Waals surface area contributed by atoms with E-state index in [-0.39, 0.29) is 0 Å². The Morgan fingerprint density at radius 1 is 1.11 bits per heavy atom. The third kappa shape index (κ3) is 3.00. The molecule has 0 radical (unpaired) electrons. The summed E-state index contributed by atoms with van der Waals surface area (Å²) in [6.07, 6.45) is 14.9. The summed E-state index contributed by atoms with van der Waals surface area (Å²) in [6, 6.07) is 0.881. The average molecular weight is 263 g/mol. The van der Waals surface area contributed by atoms with Crippen LogP contribution in [0.3, 0.4) is 0 Å². The van der Waals surface area contributed by atoms with Gasteiger partial charge >= 0.3 is 0 Å². The van der Waals surface area contributed by atoms with Crippen LogP contribution in [0.25, 0.3) is 0 Å². The molecule has 0 bridgehead atoms. The van der Waals surface area contributed by atoms with Crippen LogP contribution >= 0.6 is 0 Å². The Balaban J connectivity index is 1.26. The molecule has 3 atom stereocenters. The number of ether oxygens (including phenoxy) is 1. The molecule has 4 rings (SSSR count). The van der Waals surface area contributed by atoms with E-state index >= 15 is 0 Å².